The smallest absolute Gasteiger partial charge is 0.235 e. The van der Waals surface area contributed by atoms with Gasteiger partial charge in [0.15, 0.2) is 0 Å². The second-order valence-corrected chi connectivity index (χ2v) is 3.78. The average molecular weight is 274 g/mol. The first kappa shape index (κ1) is 15.3. The maximum Gasteiger partial charge on any atom is 0.235 e. The molecule has 0 saturated heterocycles. The van der Waals surface area contributed by atoms with E-state index < -0.39 is 26.9 Å². The Bertz CT molecular complexity index is 366. The third-order valence-corrected chi connectivity index (χ3v) is 2.25. The zero-order valence-electron chi connectivity index (χ0n) is 10.8. The summed E-state index contributed by atoms with van der Waals surface area (Å²) in [5.74, 6) is 0.329. The van der Waals surface area contributed by atoms with Gasteiger partial charge in [0, 0.05) is 14.1 Å². The van der Waals surface area contributed by atoms with Crippen molar-refractivity contribution in [2.45, 2.75) is 0 Å². The molecule has 0 saturated carbocycles. The van der Waals surface area contributed by atoms with Gasteiger partial charge in [0.05, 0.1) is 0 Å². The van der Waals surface area contributed by atoms with Crippen molar-refractivity contribution >= 4 is 17.8 Å². The zero-order chi connectivity index (χ0) is 14.4. The van der Waals surface area contributed by atoms with E-state index in [0.717, 1.165) is 9.80 Å². The highest BCUT2D eigenvalue weighted by Crippen LogP contribution is 2.16. The summed E-state index contributed by atoms with van der Waals surface area (Å²) in [7, 11) is 3.40. The molecule has 1 aromatic heterocycles. The van der Waals surface area contributed by atoms with Crippen molar-refractivity contribution in [3.63, 3.8) is 0 Å². The summed E-state index contributed by atoms with van der Waals surface area (Å²) in [6, 6.07) is 0. The van der Waals surface area contributed by atoms with Crippen LogP contribution < -0.4 is 14.7 Å². The average Bonchev–Trinajstić information content (AvgIpc) is 2.41. The minimum absolute atomic E-state index is 0.0330. The van der Waals surface area contributed by atoms with Gasteiger partial charge in [-0.15, -0.1) is 0 Å². The lowest BCUT2D eigenvalue weighted by Gasteiger charge is -2.22. The number of rotatable bonds is 7. The third-order valence-electron chi connectivity index (χ3n) is 2.25. The summed E-state index contributed by atoms with van der Waals surface area (Å²) in [5, 5.41) is 36.4. The first-order valence-corrected chi connectivity index (χ1v) is 5.44. The summed E-state index contributed by atoms with van der Waals surface area (Å²) in [5.41, 5.74) is 0. The fourth-order valence-corrected chi connectivity index (χ4v) is 1.17. The normalized spacial score (nSPS) is 10.4. The lowest BCUT2D eigenvalue weighted by atomic mass is 10.6. The van der Waals surface area contributed by atoms with E-state index in [1.165, 1.54) is 0 Å². The van der Waals surface area contributed by atoms with Gasteiger partial charge in [-0.1, -0.05) is 0 Å². The van der Waals surface area contributed by atoms with E-state index >= 15 is 0 Å². The van der Waals surface area contributed by atoms with E-state index in [0.29, 0.717) is 0 Å². The maximum atomic E-state index is 9.09. The van der Waals surface area contributed by atoms with Crippen molar-refractivity contribution in [3.8, 4) is 0 Å². The topological polar surface area (TPSA) is 129 Å². The monoisotopic (exact) mass is 274 g/mol. The molecule has 1 rings (SSSR count). The van der Waals surface area contributed by atoms with Crippen LogP contribution in [0.15, 0.2) is 0 Å². The van der Waals surface area contributed by atoms with Crippen molar-refractivity contribution in [2.75, 3.05) is 55.7 Å². The van der Waals surface area contributed by atoms with Crippen LogP contribution in [0.2, 0.25) is 0 Å². The Hall–Kier alpha value is -1.75. The van der Waals surface area contributed by atoms with E-state index in [-0.39, 0.29) is 17.8 Å². The Labute approximate surface area is 110 Å². The lowest BCUT2D eigenvalue weighted by molar-refractivity contribution is 0.217. The van der Waals surface area contributed by atoms with E-state index in [1.807, 2.05) is 0 Å². The molecule has 0 amide bonds. The van der Waals surface area contributed by atoms with Crippen LogP contribution in [0.5, 0.6) is 0 Å². The molecule has 0 unspecified atom stereocenters. The molecule has 0 aromatic carbocycles. The van der Waals surface area contributed by atoms with Gasteiger partial charge >= 0.3 is 0 Å². The molecule has 0 bridgehead atoms. The molecular formula is C9H18N6O4. The Kier molecular flexibility index (Phi) is 5.63. The van der Waals surface area contributed by atoms with Crippen molar-refractivity contribution in [1.29, 1.82) is 0 Å². The standard InChI is InChI=1S/C9H18N6O4/c1-13(2)7-10-8(14(3-16)4-17)12-9(11-7)15(5-18)6-19/h16-19H,3-6H2,1-2H3. The van der Waals surface area contributed by atoms with Gasteiger partial charge in [-0.2, -0.15) is 15.0 Å². The van der Waals surface area contributed by atoms with Crippen molar-refractivity contribution in [2.24, 2.45) is 0 Å². The van der Waals surface area contributed by atoms with Crippen LogP contribution in [-0.2, 0) is 0 Å². The number of anilines is 3. The highest BCUT2D eigenvalue weighted by Gasteiger charge is 2.16. The van der Waals surface area contributed by atoms with Crippen molar-refractivity contribution < 1.29 is 20.4 Å². The Balaban J connectivity index is 3.24. The number of hydrogen-bond donors (Lipinski definition) is 4. The first-order chi connectivity index (χ1) is 9.07. The minimum atomic E-state index is -0.481. The molecule has 4 N–H and O–H groups in total. The molecule has 10 nitrogen and oxygen atoms in total. The summed E-state index contributed by atoms with van der Waals surface area (Å²) >= 11 is 0. The summed E-state index contributed by atoms with van der Waals surface area (Å²) in [6.45, 7) is -1.92. The second kappa shape index (κ2) is 6.99. The number of aromatic nitrogens is 3. The molecule has 0 aliphatic carbocycles. The third kappa shape index (κ3) is 3.61. The second-order valence-electron chi connectivity index (χ2n) is 3.78. The Morgan fingerprint density at radius 2 is 1.00 bits per heavy atom. The highest BCUT2D eigenvalue weighted by atomic mass is 16.3. The molecule has 0 fully saturated rings. The van der Waals surface area contributed by atoms with Crippen LogP contribution in [0.3, 0.4) is 0 Å². The van der Waals surface area contributed by atoms with Crippen molar-refractivity contribution in [3.05, 3.63) is 0 Å². The number of hydrogen-bond acceptors (Lipinski definition) is 10. The quantitative estimate of drug-likeness (QED) is 0.391. The minimum Gasteiger partial charge on any atom is -0.376 e. The van der Waals surface area contributed by atoms with Crippen molar-refractivity contribution in [1.82, 2.24) is 15.0 Å². The molecule has 0 spiro atoms. The molecule has 1 aromatic rings. The molecule has 19 heavy (non-hydrogen) atoms. The SMILES string of the molecule is CN(C)c1nc(N(CO)CO)nc(N(CO)CO)n1. The van der Waals surface area contributed by atoms with Gasteiger partial charge in [-0.25, -0.2) is 0 Å². The van der Waals surface area contributed by atoms with E-state index in [2.05, 4.69) is 15.0 Å². The number of nitrogens with zero attached hydrogens (tertiary/aromatic N) is 6. The highest BCUT2D eigenvalue weighted by molar-refractivity contribution is 5.45. The molecule has 0 aliphatic heterocycles. The number of aliphatic hydroxyl groups excluding tert-OH is 4. The lowest BCUT2D eigenvalue weighted by Crippen LogP contribution is -2.32. The predicted molar refractivity (Wildman–Crippen MR) is 67.5 cm³/mol. The van der Waals surface area contributed by atoms with E-state index in [9.17, 15) is 0 Å². The van der Waals surface area contributed by atoms with Gasteiger partial charge in [0.1, 0.15) is 26.9 Å². The largest absolute Gasteiger partial charge is 0.376 e. The van der Waals surface area contributed by atoms with E-state index in [1.54, 1.807) is 19.0 Å². The van der Waals surface area contributed by atoms with Gasteiger partial charge in [-0.05, 0) is 0 Å². The van der Waals surface area contributed by atoms with Crippen LogP contribution in [0.1, 0.15) is 0 Å². The molecule has 1 heterocycles. The van der Waals surface area contributed by atoms with Crippen LogP contribution in [-0.4, -0.2) is 76.4 Å². The fourth-order valence-electron chi connectivity index (χ4n) is 1.17. The van der Waals surface area contributed by atoms with Gasteiger partial charge in [0.25, 0.3) is 0 Å². The molecule has 0 aliphatic rings. The van der Waals surface area contributed by atoms with E-state index in [4.69, 9.17) is 20.4 Å². The molecule has 0 radical (unpaired) electrons. The van der Waals surface area contributed by atoms with Crippen LogP contribution >= 0.6 is 0 Å². The van der Waals surface area contributed by atoms with Crippen LogP contribution in [0.4, 0.5) is 17.8 Å². The van der Waals surface area contributed by atoms with Crippen LogP contribution in [0.25, 0.3) is 0 Å². The molecular weight excluding hydrogens is 256 g/mol. The van der Waals surface area contributed by atoms with Gasteiger partial charge < -0.3 is 25.3 Å². The zero-order valence-corrected chi connectivity index (χ0v) is 10.8. The molecule has 0 atom stereocenters. The predicted octanol–water partition coefficient (Wildman–Crippen LogP) is -2.65. The Morgan fingerprint density at radius 1 is 0.684 bits per heavy atom. The van der Waals surface area contributed by atoms with Gasteiger partial charge in [0.2, 0.25) is 17.8 Å². The molecule has 108 valence electrons. The van der Waals surface area contributed by atoms with Gasteiger partial charge in [-0.3, -0.25) is 9.80 Å². The fraction of sp³-hybridized carbons (Fsp3) is 0.667. The first-order valence-electron chi connectivity index (χ1n) is 5.44. The van der Waals surface area contributed by atoms with Crippen LogP contribution in [0, 0.1) is 0 Å². The molecule has 10 heteroatoms. The summed E-state index contributed by atoms with van der Waals surface area (Å²) in [6.07, 6.45) is 0. The Morgan fingerprint density at radius 3 is 1.26 bits per heavy atom. The maximum absolute atomic E-state index is 9.09. The summed E-state index contributed by atoms with van der Waals surface area (Å²) < 4.78 is 0. The number of aliphatic hydroxyl groups is 4. The summed E-state index contributed by atoms with van der Waals surface area (Å²) in [4.78, 5) is 15.8.